The summed E-state index contributed by atoms with van der Waals surface area (Å²) < 4.78 is -2.33. The molecule has 0 heterocycles. The summed E-state index contributed by atoms with van der Waals surface area (Å²) in [6, 6.07) is 0. The molecule has 12 nitrogen and oxygen atoms in total. The van der Waals surface area contributed by atoms with Gasteiger partial charge in [-0.25, -0.2) is 0 Å². The Morgan fingerprint density at radius 3 is 0.444 bits per heavy atom. The Morgan fingerprint density at radius 1 is 0.306 bits per heavy atom. The predicted octanol–water partition coefficient (Wildman–Crippen LogP) is -38.8. The second-order valence-electron chi connectivity index (χ2n) is 6.31. The van der Waals surface area contributed by atoms with Crippen molar-refractivity contribution in [3.63, 3.8) is 0 Å². The largest absolute Gasteiger partial charge is 1.00 e. The van der Waals surface area contributed by atoms with E-state index in [0.717, 1.165) is 0 Å². The fraction of sp³-hybridized carbons (Fsp3) is 1.00. The maximum Gasteiger partial charge on any atom is 1.00 e. The first-order valence-electron chi connectivity index (χ1n) is 7.87. The molecule has 0 saturated carbocycles. The Kier molecular flexibility index (Phi) is 122. The molecule has 33 heteroatoms. The van der Waals surface area contributed by atoms with E-state index >= 15 is 0 Å². The molecule has 0 unspecified atom stereocenters. The molecule has 0 aromatic heterocycles. The van der Waals surface area contributed by atoms with E-state index in [-0.39, 0.29) is 236 Å². The van der Waals surface area contributed by atoms with Crippen LogP contribution >= 0.6 is 0 Å². The van der Waals surface area contributed by atoms with Gasteiger partial charge in [-0.15, -0.1) is 3.91 Å². The fourth-order valence-electron chi connectivity index (χ4n) is 0.824. The molecular formula is C3H30Na6O12Si12Zn3. The average Bonchev–Trinajstić information content (AvgIpc) is 2.75. The summed E-state index contributed by atoms with van der Waals surface area (Å²) in [5.74, 6) is 0. The molecule has 0 aromatic rings. The Hall–Kier alpha value is 9.99. The molecule has 6 N–H and O–H groups in total. The molecule has 0 aliphatic rings. The molecule has 0 radical (unpaired) electrons. The molecule has 36 heavy (non-hydrogen) atoms. The molecule has 0 aliphatic heterocycles. The van der Waals surface area contributed by atoms with Gasteiger partial charge in [0.25, 0.3) is 0 Å². The van der Waals surface area contributed by atoms with Gasteiger partial charge in [-0.2, -0.15) is 0 Å². The minimum atomic E-state index is -1.78. The van der Waals surface area contributed by atoms with Gasteiger partial charge in [0, 0.05) is 62.3 Å². The van der Waals surface area contributed by atoms with Crippen LogP contribution in [-0.2, 0) is 58.4 Å². The van der Waals surface area contributed by atoms with Gasteiger partial charge in [-0.1, -0.05) is 62.5 Å². The first kappa shape index (κ1) is 80.6. The van der Waals surface area contributed by atoms with Gasteiger partial charge in [0.1, 0.15) is 0 Å². The van der Waals surface area contributed by atoms with Crippen LogP contribution in [0.4, 0.5) is 0 Å². The van der Waals surface area contributed by atoms with E-state index in [1.54, 1.807) is 0 Å². The zero-order chi connectivity index (χ0) is 22.0. The van der Waals surface area contributed by atoms with Crippen LogP contribution in [0.25, 0.3) is 0 Å². The standard InChI is InChI=1S/CH12O4Si4.CH10O4Si4.CH8O4Si4.6Na.3Zn/c3*2-6-1(7-3,8-4)9-5;;;;;;;;;/h2-5H,6-9H2;2-3H,6-9H2;6-9H2;;;;;;;;;/q;-2;-4;6*+1;;;. The van der Waals surface area contributed by atoms with Gasteiger partial charge >= 0.3 is 177 Å². The van der Waals surface area contributed by atoms with Crippen molar-refractivity contribution >= 4 is 117 Å². The normalized spacial score (nSPS) is 17.0. The molecule has 0 aliphatic carbocycles. The average molecular weight is 929 g/mol. The van der Waals surface area contributed by atoms with Crippen LogP contribution < -0.4 is 206 Å². The van der Waals surface area contributed by atoms with Gasteiger partial charge in [0.05, 0.1) is 0 Å². The number of rotatable bonds is 12. The third kappa shape index (κ3) is 38.4. The molecule has 0 saturated heterocycles. The quantitative estimate of drug-likeness (QED) is 0.0999. The van der Waals surface area contributed by atoms with Gasteiger partial charge in [-0.05, 0) is 0 Å². The first-order chi connectivity index (χ1) is 12.7. The SMILES string of the molecule is O[SiH2]C([SiH2]O)([SiH2]O)[SiH2]O.[Na+].[Na+].[Na+].[Na+].[Na+].[Na+].[O-][SiH2]C([SiH2][O-])([SiH2]O)[SiH2]O.[O-][SiH2]C([SiH2][O-])([SiH2][O-])[SiH2][O-].[Zn].[Zn].[Zn]. The Labute approximate surface area is 413 Å². The third-order valence-corrected chi connectivity index (χ3v) is 34.6. The van der Waals surface area contributed by atoms with E-state index in [2.05, 4.69) is 0 Å². The zero-order valence-corrected chi connectivity index (χ0v) is 61.1. The van der Waals surface area contributed by atoms with E-state index in [9.17, 15) is 28.8 Å². The summed E-state index contributed by atoms with van der Waals surface area (Å²) in [5.41, 5.74) is 0. The van der Waals surface area contributed by atoms with Crippen molar-refractivity contribution in [1.29, 1.82) is 0 Å². The van der Waals surface area contributed by atoms with E-state index in [1.165, 1.54) is 0 Å². The summed E-state index contributed by atoms with van der Waals surface area (Å²) in [7, 11) is -18.8. The van der Waals surface area contributed by atoms with E-state index < -0.39 is 129 Å². The summed E-state index contributed by atoms with van der Waals surface area (Å²) >= 11 is 0. The molecule has 174 valence electrons. The Balaban J connectivity index is -0.0000000213. The van der Waals surface area contributed by atoms with Crippen LogP contribution in [0, 0.1) is 0 Å². The molecule has 0 bridgehead atoms. The van der Waals surface area contributed by atoms with Crippen LogP contribution in [-0.4, -0.2) is 146 Å². The van der Waals surface area contributed by atoms with Crippen molar-refractivity contribution in [2.45, 2.75) is 11.7 Å². The van der Waals surface area contributed by atoms with Crippen molar-refractivity contribution < 1.29 is 293 Å². The Morgan fingerprint density at radius 2 is 0.444 bits per heavy atom. The maximum absolute atomic E-state index is 10.4. The fourth-order valence-corrected chi connectivity index (χ4v) is 7.42. The van der Waals surface area contributed by atoms with Gasteiger partial charge < -0.3 is 57.5 Å². The second-order valence-corrected chi connectivity index (χ2v) is 45.9. The smallest absolute Gasteiger partial charge is 0.863 e. The number of hydrogen-bond acceptors (Lipinski definition) is 12. The molecule has 0 amide bonds. The maximum atomic E-state index is 10.4. The summed E-state index contributed by atoms with van der Waals surface area (Å²) in [6.45, 7) is 0. The predicted molar refractivity (Wildman–Crippen MR) is 124 cm³/mol. The summed E-state index contributed by atoms with van der Waals surface area (Å²) in [6.07, 6.45) is 0. The second kappa shape index (κ2) is 54.4. The molecular weight excluding hydrogens is 899 g/mol. The molecule has 0 fully saturated rings. The van der Waals surface area contributed by atoms with E-state index in [1.807, 2.05) is 0 Å². The third-order valence-electron chi connectivity index (χ3n) is 3.85. The van der Waals surface area contributed by atoms with Gasteiger partial charge in [0.2, 0.25) is 0 Å². The van der Waals surface area contributed by atoms with Crippen LogP contribution in [0.1, 0.15) is 0 Å². The minimum absolute atomic E-state index is 0. The summed E-state index contributed by atoms with van der Waals surface area (Å²) in [5, 5.41) is 0. The van der Waals surface area contributed by atoms with E-state index in [4.69, 9.17) is 28.8 Å². The van der Waals surface area contributed by atoms with E-state index in [0.29, 0.717) is 0 Å². The van der Waals surface area contributed by atoms with Gasteiger partial charge in [0.15, 0.2) is 58.6 Å². The Bertz CT molecular complexity index is 251. The molecule has 0 spiro atoms. The summed E-state index contributed by atoms with van der Waals surface area (Å²) in [4.78, 5) is 114. The van der Waals surface area contributed by atoms with Crippen LogP contribution in [0.15, 0.2) is 0 Å². The van der Waals surface area contributed by atoms with Crippen LogP contribution in [0.3, 0.4) is 0 Å². The van der Waals surface area contributed by atoms with Gasteiger partial charge in [-0.3, -0.25) is 0 Å². The van der Waals surface area contributed by atoms with Crippen molar-refractivity contribution in [2.75, 3.05) is 0 Å². The number of hydrogen-bond donors (Lipinski definition) is 6. The van der Waals surface area contributed by atoms with Crippen LogP contribution in [0.5, 0.6) is 0 Å². The zero-order valence-electron chi connectivity index (χ0n) is 23.2. The van der Waals surface area contributed by atoms with Crippen molar-refractivity contribution in [1.82, 2.24) is 0 Å². The van der Waals surface area contributed by atoms with Crippen molar-refractivity contribution in [3.05, 3.63) is 0 Å². The monoisotopic (exact) mass is 924 g/mol. The van der Waals surface area contributed by atoms with Crippen LogP contribution in [0.2, 0.25) is 11.7 Å². The molecule has 0 rings (SSSR count). The minimum Gasteiger partial charge on any atom is -0.863 e. The first-order valence-corrected chi connectivity index (χ1v) is 23.6. The van der Waals surface area contributed by atoms with Crippen molar-refractivity contribution in [2.24, 2.45) is 0 Å². The topological polar surface area (TPSA) is 260 Å². The molecule has 0 aromatic carbocycles. The molecule has 0 atom stereocenters. The van der Waals surface area contributed by atoms with Crippen molar-refractivity contribution in [3.8, 4) is 0 Å².